The van der Waals surface area contributed by atoms with E-state index in [1.54, 1.807) is 16.8 Å². The molecule has 2 aromatic heterocycles. The van der Waals surface area contributed by atoms with Crippen molar-refractivity contribution in [3.63, 3.8) is 0 Å². The predicted molar refractivity (Wildman–Crippen MR) is 123 cm³/mol. The molecule has 3 aromatic rings. The zero-order valence-electron chi connectivity index (χ0n) is 18.3. The lowest BCUT2D eigenvalue weighted by Crippen LogP contribution is -2.35. The molecule has 0 saturated carbocycles. The molecule has 1 aliphatic rings. The molecule has 0 amide bonds. The van der Waals surface area contributed by atoms with Crippen LogP contribution in [0.25, 0.3) is 5.69 Å². The van der Waals surface area contributed by atoms with Crippen LogP contribution in [0.1, 0.15) is 54.1 Å². The van der Waals surface area contributed by atoms with Gasteiger partial charge in [-0.1, -0.05) is 18.2 Å². The van der Waals surface area contributed by atoms with Gasteiger partial charge in [0.25, 0.3) is 0 Å². The summed E-state index contributed by atoms with van der Waals surface area (Å²) in [5.41, 5.74) is 2.72. The summed E-state index contributed by atoms with van der Waals surface area (Å²) < 4.78 is 42.9. The maximum atomic E-state index is 13.8. The predicted octanol–water partition coefficient (Wildman–Crippen LogP) is 5.89. The van der Waals surface area contributed by atoms with Crippen molar-refractivity contribution in [3.8, 4) is 5.69 Å². The summed E-state index contributed by atoms with van der Waals surface area (Å²) in [5, 5.41) is 4.00. The molecule has 1 fully saturated rings. The first-order valence-electron chi connectivity index (χ1n) is 10.5. The number of nitrogens with one attached hydrogen (secondary N) is 1. The summed E-state index contributed by atoms with van der Waals surface area (Å²) in [7, 11) is 0. The monoisotopic (exact) mass is 458 g/mol. The Hall–Kier alpha value is -2.87. The molecule has 168 valence electrons. The highest BCUT2D eigenvalue weighted by Crippen LogP contribution is 2.43. The van der Waals surface area contributed by atoms with E-state index in [4.69, 9.17) is 12.2 Å². The maximum Gasteiger partial charge on any atom is 0.418 e. The van der Waals surface area contributed by atoms with Crippen LogP contribution in [0.4, 0.5) is 13.2 Å². The van der Waals surface area contributed by atoms with Crippen LogP contribution in [0.3, 0.4) is 0 Å². The minimum Gasteiger partial charge on any atom is -0.352 e. The molecule has 1 saturated heterocycles. The van der Waals surface area contributed by atoms with Crippen LogP contribution in [0.15, 0.2) is 54.7 Å². The minimum absolute atomic E-state index is 0.0965. The number of aryl methyl sites for hydroxylation is 1. The summed E-state index contributed by atoms with van der Waals surface area (Å²) in [5.74, 6) is 0. The van der Waals surface area contributed by atoms with E-state index < -0.39 is 11.7 Å². The van der Waals surface area contributed by atoms with E-state index in [9.17, 15) is 13.2 Å². The smallest absolute Gasteiger partial charge is 0.352 e. The number of pyridine rings is 1. The number of para-hydroxylation sites is 1. The zero-order valence-corrected chi connectivity index (χ0v) is 19.1. The van der Waals surface area contributed by atoms with Crippen molar-refractivity contribution in [3.05, 3.63) is 82.9 Å². The standard InChI is InChI=1S/C24H25F3N4S/c1-14(2)30-22(21(29-23(30)32)19-10-7-8-12-28-19)17-13-15(3)31(16(17)4)20-11-6-5-9-18(20)24(25,26)27/h5-14,21-22H,1-4H3,(H,29,32)/t21-,22-/m0/s1. The number of benzene rings is 1. The zero-order chi connectivity index (χ0) is 23.2. The highest BCUT2D eigenvalue weighted by Gasteiger charge is 2.43. The summed E-state index contributed by atoms with van der Waals surface area (Å²) in [6.45, 7) is 7.81. The number of alkyl halides is 3. The largest absolute Gasteiger partial charge is 0.418 e. The van der Waals surface area contributed by atoms with Crippen molar-refractivity contribution in [1.29, 1.82) is 0 Å². The van der Waals surface area contributed by atoms with Gasteiger partial charge in [0.1, 0.15) is 0 Å². The molecule has 1 aromatic carbocycles. The van der Waals surface area contributed by atoms with Gasteiger partial charge in [0.2, 0.25) is 0 Å². The van der Waals surface area contributed by atoms with E-state index in [1.165, 1.54) is 12.1 Å². The highest BCUT2D eigenvalue weighted by atomic mass is 32.1. The fraction of sp³-hybridized carbons (Fsp3) is 0.333. The first kappa shape index (κ1) is 22.3. The van der Waals surface area contributed by atoms with Gasteiger partial charge in [0.15, 0.2) is 5.11 Å². The van der Waals surface area contributed by atoms with E-state index in [1.807, 2.05) is 38.1 Å². The molecule has 4 rings (SSSR count). The van der Waals surface area contributed by atoms with Crippen LogP contribution in [0.5, 0.6) is 0 Å². The molecule has 0 spiro atoms. The lowest BCUT2D eigenvalue weighted by atomic mass is 9.96. The molecule has 1 N–H and O–H groups in total. The second-order valence-electron chi connectivity index (χ2n) is 8.30. The molecule has 3 heterocycles. The number of nitrogens with zero attached hydrogens (tertiary/aromatic N) is 3. The summed E-state index contributed by atoms with van der Waals surface area (Å²) in [4.78, 5) is 6.63. The lowest BCUT2D eigenvalue weighted by Gasteiger charge is -2.31. The van der Waals surface area contributed by atoms with Gasteiger partial charge in [-0.15, -0.1) is 0 Å². The highest BCUT2D eigenvalue weighted by molar-refractivity contribution is 7.80. The molecule has 1 aliphatic heterocycles. The van der Waals surface area contributed by atoms with Gasteiger partial charge in [-0.3, -0.25) is 4.98 Å². The van der Waals surface area contributed by atoms with E-state index in [2.05, 4.69) is 29.0 Å². The third-order valence-corrected chi connectivity index (χ3v) is 6.26. The Morgan fingerprint density at radius 2 is 1.75 bits per heavy atom. The van der Waals surface area contributed by atoms with E-state index in [-0.39, 0.29) is 23.8 Å². The van der Waals surface area contributed by atoms with Crippen molar-refractivity contribution < 1.29 is 13.2 Å². The van der Waals surface area contributed by atoms with Crippen LogP contribution in [-0.4, -0.2) is 25.6 Å². The van der Waals surface area contributed by atoms with Crippen LogP contribution >= 0.6 is 12.2 Å². The molecule has 0 aliphatic carbocycles. The Balaban J connectivity index is 1.89. The molecular weight excluding hydrogens is 433 g/mol. The van der Waals surface area contributed by atoms with Crippen LogP contribution in [0.2, 0.25) is 0 Å². The second-order valence-corrected chi connectivity index (χ2v) is 8.69. The van der Waals surface area contributed by atoms with Gasteiger partial charge >= 0.3 is 6.18 Å². The average Bonchev–Trinajstić information content (AvgIpc) is 3.23. The topological polar surface area (TPSA) is 33.1 Å². The van der Waals surface area contributed by atoms with Crippen molar-refractivity contribution in [1.82, 2.24) is 19.8 Å². The quantitative estimate of drug-likeness (QED) is 0.495. The molecule has 0 unspecified atom stereocenters. The van der Waals surface area contributed by atoms with Crippen molar-refractivity contribution >= 4 is 17.3 Å². The molecular formula is C24H25F3N4S. The first-order valence-corrected chi connectivity index (χ1v) is 10.9. The van der Waals surface area contributed by atoms with Crippen LogP contribution < -0.4 is 5.32 Å². The number of hydrogen-bond acceptors (Lipinski definition) is 2. The number of halogens is 3. The van der Waals surface area contributed by atoms with Gasteiger partial charge in [0.05, 0.1) is 29.0 Å². The van der Waals surface area contributed by atoms with Gasteiger partial charge in [0, 0.05) is 23.6 Å². The number of aromatic nitrogens is 2. The second kappa shape index (κ2) is 8.24. The number of rotatable bonds is 4. The van der Waals surface area contributed by atoms with Gasteiger partial charge < -0.3 is 14.8 Å². The molecule has 0 bridgehead atoms. The number of hydrogen-bond donors (Lipinski definition) is 1. The Morgan fingerprint density at radius 3 is 2.38 bits per heavy atom. The molecule has 0 radical (unpaired) electrons. The van der Waals surface area contributed by atoms with Crippen molar-refractivity contribution in [2.75, 3.05) is 0 Å². The summed E-state index contributed by atoms with van der Waals surface area (Å²) in [6, 6.07) is 13.1. The summed E-state index contributed by atoms with van der Waals surface area (Å²) >= 11 is 5.65. The fourth-order valence-electron chi connectivity index (χ4n) is 4.62. The lowest BCUT2D eigenvalue weighted by molar-refractivity contribution is -0.137. The van der Waals surface area contributed by atoms with Gasteiger partial charge in [-0.2, -0.15) is 13.2 Å². The maximum absolute atomic E-state index is 13.8. The molecule has 8 heteroatoms. The Morgan fingerprint density at radius 1 is 1.06 bits per heavy atom. The Kier molecular flexibility index (Phi) is 5.75. The Labute approximate surface area is 191 Å². The van der Waals surface area contributed by atoms with Crippen LogP contribution in [-0.2, 0) is 6.18 Å². The van der Waals surface area contributed by atoms with Crippen molar-refractivity contribution in [2.24, 2.45) is 0 Å². The van der Waals surface area contributed by atoms with E-state index in [0.29, 0.717) is 5.11 Å². The number of thiocarbonyl (C=S) groups is 1. The SMILES string of the molecule is Cc1cc([C@H]2[C@H](c3ccccn3)NC(=S)N2C(C)C)c(C)n1-c1ccccc1C(F)(F)F. The molecule has 2 atom stereocenters. The first-order chi connectivity index (χ1) is 15.1. The normalized spacial score (nSPS) is 19.0. The molecule has 4 nitrogen and oxygen atoms in total. The van der Waals surface area contributed by atoms with E-state index >= 15 is 0 Å². The van der Waals surface area contributed by atoms with Crippen molar-refractivity contribution in [2.45, 2.75) is 52.0 Å². The molecule has 32 heavy (non-hydrogen) atoms. The minimum atomic E-state index is -4.45. The van der Waals surface area contributed by atoms with Gasteiger partial charge in [-0.05, 0) is 75.8 Å². The fourth-order valence-corrected chi connectivity index (χ4v) is 5.07. The Bertz CT molecular complexity index is 1140. The third kappa shape index (κ3) is 3.77. The van der Waals surface area contributed by atoms with E-state index in [0.717, 1.165) is 28.7 Å². The van der Waals surface area contributed by atoms with Crippen LogP contribution in [0, 0.1) is 13.8 Å². The van der Waals surface area contributed by atoms with Gasteiger partial charge in [-0.25, -0.2) is 0 Å². The average molecular weight is 459 g/mol. The third-order valence-electron chi connectivity index (χ3n) is 5.93. The summed E-state index contributed by atoms with van der Waals surface area (Å²) in [6.07, 6.45) is -2.71.